The largest absolute Gasteiger partial charge is 0.465 e. The molecule has 0 aliphatic carbocycles. The minimum absolute atomic E-state index is 0.0591. The van der Waals surface area contributed by atoms with Crippen LogP contribution in [0.4, 0.5) is 0 Å². The standard InChI is InChI=1S/C13H19NO3/c1-4-12(16)17-9-13(2,3)11(15)8-10-6-5-7-14-10/h5-7,14H,4,8-9H2,1-3H3. The predicted octanol–water partition coefficient (Wildman–Crippen LogP) is 2.11. The van der Waals surface area contributed by atoms with E-state index >= 15 is 0 Å². The molecule has 1 aromatic rings. The van der Waals surface area contributed by atoms with Crippen LogP contribution in [0.2, 0.25) is 0 Å². The zero-order valence-corrected chi connectivity index (χ0v) is 10.6. The van der Waals surface area contributed by atoms with Crippen LogP contribution in [-0.4, -0.2) is 23.3 Å². The molecule has 0 saturated carbocycles. The molecule has 1 N–H and O–H groups in total. The number of rotatable bonds is 6. The molecule has 4 nitrogen and oxygen atoms in total. The van der Waals surface area contributed by atoms with Crippen molar-refractivity contribution >= 4 is 11.8 Å². The maximum absolute atomic E-state index is 12.0. The number of ketones is 1. The fourth-order valence-corrected chi connectivity index (χ4v) is 1.33. The number of aromatic amines is 1. The molecule has 0 aromatic carbocycles. The Morgan fingerprint density at radius 2 is 2.12 bits per heavy atom. The number of Topliss-reactive ketones (excluding diaryl/α,β-unsaturated/α-hetero) is 1. The molecule has 0 bridgehead atoms. The molecular weight excluding hydrogens is 218 g/mol. The molecule has 4 heteroatoms. The van der Waals surface area contributed by atoms with Gasteiger partial charge in [0.25, 0.3) is 0 Å². The van der Waals surface area contributed by atoms with Crippen LogP contribution < -0.4 is 0 Å². The van der Waals surface area contributed by atoms with Crippen molar-refractivity contribution in [3.8, 4) is 0 Å². The van der Waals surface area contributed by atoms with E-state index in [2.05, 4.69) is 4.98 Å². The van der Waals surface area contributed by atoms with E-state index < -0.39 is 5.41 Å². The Morgan fingerprint density at radius 3 is 2.65 bits per heavy atom. The summed E-state index contributed by atoms with van der Waals surface area (Å²) in [6.07, 6.45) is 2.46. The van der Waals surface area contributed by atoms with Crippen LogP contribution >= 0.6 is 0 Å². The van der Waals surface area contributed by atoms with Crippen LogP contribution in [0.3, 0.4) is 0 Å². The van der Waals surface area contributed by atoms with Gasteiger partial charge in [-0.15, -0.1) is 0 Å². The van der Waals surface area contributed by atoms with Crippen LogP contribution in [0.25, 0.3) is 0 Å². The quantitative estimate of drug-likeness (QED) is 0.771. The average Bonchev–Trinajstić information content (AvgIpc) is 2.78. The first-order valence-electron chi connectivity index (χ1n) is 5.77. The lowest BCUT2D eigenvalue weighted by Crippen LogP contribution is -2.32. The number of carbonyl (C=O) groups is 2. The van der Waals surface area contributed by atoms with E-state index in [9.17, 15) is 9.59 Å². The Labute approximate surface area is 101 Å². The predicted molar refractivity (Wildman–Crippen MR) is 64.5 cm³/mol. The number of hydrogen-bond donors (Lipinski definition) is 1. The van der Waals surface area contributed by atoms with Crippen molar-refractivity contribution in [3.05, 3.63) is 24.0 Å². The molecular formula is C13H19NO3. The smallest absolute Gasteiger partial charge is 0.305 e. The summed E-state index contributed by atoms with van der Waals surface area (Å²) in [7, 11) is 0. The first-order chi connectivity index (χ1) is 7.95. The zero-order valence-electron chi connectivity index (χ0n) is 10.6. The second-order valence-corrected chi connectivity index (χ2v) is 4.69. The van der Waals surface area contributed by atoms with E-state index in [0.29, 0.717) is 12.8 Å². The third kappa shape index (κ3) is 4.06. The van der Waals surface area contributed by atoms with Crippen molar-refractivity contribution in [2.75, 3.05) is 6.61 Å². The first-order valence-corrected chi connectivity index (χ1v) is 5.77. The summed E-state index contributed by atoms with van der Waals surface area (Å²) < 4.78 is 5.03. The van der Waals surface area contributed by atoms with Crippen LogP contribution in [0.15, 0.2) is 18.3 Å². The number of aromatic nitrogens is 1. The fraction of sp³-hybridized carbons (Fsp3) is 0.538. The SMILES string of the molecule is CCC(=O)OCC(C)(C)C(=O)Cc1ccc[nH]1. The fourth-order valence-electron chi connectivity index (χ4n) is 1.33. The summed E-state index contributed by atoms with van der Waals surface area (Å²) in [5.74, 6) is -0.213. The molecule has 0 atom stereocenters. The van der Waals surface area contributed by atoms with E-state index in [-0.39, 0.29) is 18.4 Å². The Kier molecular flexibility index (Phi) is 4.49. The van der Waals surface area contributed by atoms with Crippen LogP contribution in [0, 0.1) is 5.41 Å². The van der Waals surface area contributed by atoms with E-state index in [0.717, 1.165) is 5.69 Å². The highest BCUT2D eigenvalue weighted by molar-refractivity contribution is 5.86. The number of hydrogen-bond acceptors (Lipinski definition) is 3. The van der Waals surface area contributed by atoms with Crippen molar-refractivity contribution in [2.24, 2.45) is 5.41 Å². The normalized spacial score (nSPS) is 11.2. The van der Waals surface area contributed by atoms with Gasteiger partial charge in [-0.3, -0.25) is 9.59 Å². The number of H-pyrrole nitrogens is 1. The lowest BCUT2D eigenvalue weighted by molar-refractivity contribution is -0.148. The summed E-state index contributed by atoms with van der Waals surface area (Å²) in [6.45, 7) is 5.46. The Morgan fingerprint density at radius 1 is 1.41 bits per heavy atom. The Bertz CT molecular complexity index is 379. The van der Waals surface area contributed by atoms with E-state index in [4.69, 9.17) is 4.74 Å². The van der Waals surface area contributed by atoms with Gasteiger partial charge in [-0.1, -0.05) is 6.92 Å². The molecule has 0 radical (unpaired) electrons. The van der Waals surface area contributed by atoms with Crippen molar-refractivity contribution in [3.63, 3.8) is 0 Å². The molecule has 94 valence electrons. The second-order valence-electron chi connectivity index (χ2n) is 4.69. The summed E-state index contributed by atoms with van der Waals surface area (Å²) in [6, 6.07) is 3.72. The lowest BCUT2D eigenvalue weighted by Gasteiger charge is -2.22. The molecule has 0 amide bonds. The van der Waals surface area contributed by atoms with Gasteiger partial charge in [0.05, 0.1) is 5.41 Å². The van der Waals surface area contributed by atoms with E-state index in [1.165, 1.54) is 0 Å². The van der Waals surface area contributed by atoms with Crippen molar-refractivity contribution < 1.29 is 14.3 Å². The minimum atomic E-state index is -0.643. The highest BCUT2D eigenvalue weighted by atomic mass is 16.5. The highest BCUT2D eigenvalue weighted by Crippen LogP contribution is 2.19. The van der Waals surface area contributed by atoms with Crippen LogP contribution in [-0.2, 0) is 20.7 Å². The van der Waals surface area contributed by atoms with Gasteiger partial charge < -0.3 is 9.72 Å². The van der Waals surface area contributed by atoms with Gasteiger partial charge in [0.2, 0.25) is 0 Å². The van der Waals surface area contributed by atoms with Gasteiger partial charge in [0.15, 0.2) is 0 Å². The number of ether oxygens (including phenoxy) is 1. The van der Waals surface area contributed by atoms with Gasteiger partial charge in [-0.05, 0) is 26.0 Å². The van der Waals surface area contributed by atoms with Gasteiger partial charge >= 0.3 is 5.97 Å². The molecule has 0 aliphatic rings. The maximum Gasteiger partial charge on any atom is 0.305 e. The Hall–Kier alpha value is -1.58. The summed E-state index contributed by atoms with van der Waals surface area (Å²) >= 11 is 0. The summed E-state index contributed by atoms with van der Waals surface area (Å²) in [5.41, 5.74) is 0.237. The number of carbonyl (C=O) groups excluding carboxylic acids is 2. The Balaban J connectivity index is 2.51. The minimum Gasteiger partial charge on any atom is -0.465 e. The molecule has 1 heterocycles. The third-order valence-electron chi connectivity index (χ3n) is 2.65. The van der Waals surface area contributed by atoms with Gasteiger partial charge in [0, 0.05) is 24.7 Å². The van der Waals surface area contributed by atoms with Gasteiger partial charge in [0.1, 0.15) is 12.4 Å². The topological polar surface area (TPSA) is 59.2 Å². The van der Waals surface area contributed by atoms with Crippen molar-refractivity contribution in [1.29, 1.82) is 0 Å². The number of esters is 1. The van der Waals surface area contributed by atoms with Gasteiger partial charge in [-0.2, -0.15) is 0 Å². The third-order valence-corrected chi connectivity index (χ3v) is 2.65. The van der Waals surface area contributed by atoms with Gasteiger partial charge in [-0.25, -0.2) is 0 Å². The second kappa shape index (κ2) is 5.66. The molecule has 1 rings (SSSR count). The summed E-state index contributed by atoms with van der Waals surface area (Å²) in [4.78, 5) is 26.1. The van der Waals surface area contributed by atoms with Crippen LogP contribution in [0.5, 0.6) is 0 Å². The molecule has 17 heavy (non-hydrogen) atoms. The molecule has 1 aromatic heterocycles. The molecule has 0 unspecified atom stereocenters. The highest BCUT2D eigenvalue weighted by Gasteiger charge is 2.29. The maximum atomic E-state index is 12.0. The first kappa shape index (κ1) is 13.5. The lowest BCUT2D eigenvalue weighted by atomic mass is 9.86. The number of nitrogens with one attached hydrogen (secondary N) is 1. The molecule has 0 aliphatic heterocycles. The molecule has 0 fully saturated rings. The summed E-state index contributed by atoms with van der Waals surface area (Å²) in [5, 5.41) is 0. The van der Waals surface area contributed by atoms with E-state index in [1.54, 1.807) is 27.0 Å². The average molecular weight is 237 g/mol. The van der Waals surface area contributed by atoms with Crippen molar-refractivity contribution in [2.45, 2.75) is 33.6 Å². The molecule has 0 saturated heterocycles. The van der Waals surface area contributed by atoms with Crippen LogP contribution in [0.1, 0.15) is 32.9 Å². The molecule has 0 spiro atoms. The van der Waals surface area contributed by atoms with Crippen molar-refractivity contribution in [1.82, 2.24) is 4.98 Å². The monoisotopic (exact) mass is 237 g/mol. The zero-order chi connectivity index (χ0) is 12.9. The van der Waals surface area contributed by atoms with E-state index in [1.807, 2.05) is 12.1 Å².